The summed E-state index contributed by atoms with van der Waals surface area (Å²) in [6.07, 6.45) is 1.60. The highest BCUT2D eigenvalue weighted by atomic mass is 19.1. The SMILES string of the molecule is COCCN(C(=O)c1cc(F)c([N+](=O)[O-])cc1F)C1CC1. The van der Waals surface area contributed by atoms with Crippen molar-refractivity contribution in [3.63, 3.8) is 0 Å². The first-order valence-electron chi connectivity index (χ1n) is 6.39. The van der Waals surface area contributed by atoms with Gasteiger partial charge in [0.1, 0.15) is 5.82 Å². The Labute approximate surface area is 119 Å². The Hall–Kier alpha value is -2.09. The monoisotopic (exact) mass is 300 g/mol. The van der Waals surface area contributed by atoms with Crippen molar-refractivity contribution in [2.75, 3.05) is 20.3 Å². The maximum atomic E-state index is 13.9. The summed E-state index contributed by atoms with van der Waals surface area (Å²) in [6, 6.07) is 1.01. The Balaban J connectivity index is 2.29. The minimum absolute atomic E-state index is 0.00898. The predicted molar refractivity (Wildman–Crippen MR) is 68.9 cm³/mol. The van der Waals surface area contributed by atoms with Crippen molar-refractivity contribution in [2.45, 2.75) is 18.9 Å². The van der Waals surface area contributed by atoms with Gasteiger partial charge < -0.3 is 9.64 Å². The van der Waals surface area contributed by atoms with Crippen LogP contribution in [0.2, 0.25) is 0 Å². The normalized spacial score (nSPS) is 14.0. The molecule has 0 atom stereocenters. The third-order valence-electron chi connectivity index (χ3n) is 3.25. The second-order valence-corrected chi connectivity index (χ2v) is 4.76. The van der Waals surface area contributed by atoms with Crippen LogP contribution in [-0.2, 0) is 4.74 Å². The first-order valence-corrected chi connectivity index (χ1v) is 6.39. The van der Waals surface area contributed by atoms with Crippen LogP contribution in [0.4, 0.5) is 14.5 Å². The third-order valence-corrected chi connectivity index (χ3v) is 3.25. The second-order valence-electron chi connectivity index (χ2n) is 4.76. The largest absolute Gasteiger partial charge is 0.383 e. The number of nitro benzene ring substituents is 1. The number of carbonyl (C=O) groups is 1. The van der Waals surface area contributed by atoms with E-state index in [0.717, 1.165) is 12.8 Å². The van der Waals surface area contributed by atoms with E-state index in [1.165, 1.54) is 12.0 Å². The molecular formula is C13H14F2N2O4. The van der Waals surface area contributed by atoms with Gasteiger partial charge in [0.25, 0.3) is 5.91 Å². The summed E-state index contributed by atoms with van der Waals surface area (Å²) in [5, 5.41) is 10.5. The van der Waals surface area contributed by atoms with Crippen LogP contribution < -0.4 is 0 Å². The average molecular weight is 300 g/mol. The zero-order valence-electron chi connectivity index (χ0n) is 11.3. The number of rotatable bonds is 6. The molecule has 0 aromatic heterocycles. The minimum atomic E-state index is -1.23. The van der Waals surface area contributed by atoms with E-state index in [1.807, 2.05) is 0 Å². The van der Waals surface area contributed by atoms with Crippen molar-refractivity contribution >= 4 is 11.6 Å². The van der Waals surface area contributed by atoms with Crippen molar-refractivity contribution in [3.8, 4) is 0 Å². The van der Waals surface area contributed by atoms with Crippen LogP contribution in [0.3, 0.4) is 0 Å². The number of benzene rings is 1. The van der Waals surface area contributed by atoms with Gasteiger partial charge in [0, 0.05) is 19.7 Å². The molecule has 114 valence electrons. The average Bonchev–Trinajstić information content (AvgIpc) is 3.25. The third kappa shape index (κ3) is 3.33. The van der Waals surface area contributed by atoms with E-state index in [4.69, 9.17) is 4.74 Å². The van der Waals surface area contributed by atoms with E-state index in [-0.39, 0.29) is 19.2 Å². The second kappa shape index (κ2) is 6.13. The lowest BCUT2D eigenvalue weighted by atomic mass is 10.1. The zero-order valence-corrected chi connectivity index (χ0v) is 11.3. The molecule has 1 amide bonds. The molecular weight excluding hydrogens is 286 g/mol. The van der Waals surface area contributed by atoms with E-state index in [2.05, 4.69) is 0 Å². The molecule has 1 aromatic carbocycles. The predicted octanol–water partition coefficient (Wildman–Crippen LogP) is 2.12. The summed E-state index contributed by atoms with van der Waals surface area (Å²) in [5.41, 5.74) is -1.49. The van der Waals surface area contributed by atoms with Crippen molar-refractivity contribution < 1.29 is 23.2 Å². The van der Waals surface area contributed by atoms with Crippen LogP contribution in [0, 0.1) is 21.7 Å². The van der Waals surface area contributed by atoms with E-state index in [9.17, 15) is 23.7 Å². The van der Waals surface area contributed by atoms with Crippen molar-refractivity contribution in [1.29, 1.82) is 0 Å². The lowest BCUT2D eigenvalue weighted by Crippen LogP contribution is -2.36. The minimum Gasteiger partial charge on any atom is -0.383 e. The number of hydrogen-bond acceptors (Lipinski definition) is 4. The maximum Gasteiger partial charge on any atom is 0.307 e. The summed E-state index contributed by atoms with van der Waals surface area (Å²) in [4.78, 5) is 23.2. The molecule has 8 heteroatoms. The van der Waals surface area contributed by atoms with E-state index in [0.29, 0.717) is 12.1 Å². The summed E-state index contributed by atoms with van der Waals surface area (Å²) >= 11 is 0. The van der Waals surface area contributed by atoms with Crippen LogP contribution in [0.15, 0.2) is 12.1 Å². The molecule has 1 fully saturated rings. The zero-order chi connectivity index (χ0) is 15.6. The lowest BCUT2D eigenvalue weighted by Gasteiger charge is -2.22. The van der Waals surface area contributed by atoms with Gasteiger partial charge in [-0.15, -0.1) is 0 Å². The Morgan fingerprint density at radius 3 is 2.62 bits per heavy atom. The fraction of sp³-hybridized carbons (Fsp3) is 0.462. The highest BCUT2D eigenvalue weighted by Crippen LogP contribution is 2.29. The number of methoxy groups -OCH3 is 1. The van der Waals surface area contributed by atoms with Gasteiger partial charge in [-0.05, 0) is 18.9 Å². The van der Waals surface area contributed by atoms with Gasteiger partial charge in [0.2, 0.25) is 5.82 Å². The highest BCUT2D eigenvalue weighted by molar-refractivity contribution is 5.95. The number of halogens is 2. The molecule has 0 bridgehead atoms. The fourth-order valence-corrected chi connectivity index (χ4v) is 2.02. The van der Waals surface area contributed by atoms with Crippen LogP contribution in [-0.4, -0.2) is 42.0 Å². The van der Waals surface area contributed by atoms with E-state index < -0.39 is 33.7 Å². The molecule has 0 saturated heterocycles. The van der Waals surface area contributed by atoms with Crippen LogP contribution in [0.1, 0.15) is 23.2 Å². The van der Waals surface area contributed by atoms with Gasteiger partial charge in [-0.25, -0.2) is 4.39 Å². The van der Waals surface area contributed by atoms with E-state index in [1.54, 1.807) is 0 Å². The molecule has 0 N–H and O–H groups in total. The number of nitrogens with zero attached hydrogens (tertiary/aromatic N) is 2. The number of nitro groups is 1. The smallest absolute Gasteiger partial charge is 0.307 e. The van der Waals surface area contributed by atoms with Crippen molar-refractivity contribution in [1.82, 2.24) is 4.90 Å². The molecule has 0 unspecified atom stereocenters. The molecule has 2 rings (SSSR count). The number of hydrogen-bond donors (Lipinski definition) is 0. The molecule has 0 spiro atoms. The molecule has 1 aliphatic carbocycles. The molecule has 1 aromatic rings. The summed E-state index contributed by atoms with van der Waals surface area (Å²) in [6.45, 7) is 0.539. The summed E-state index contributed by atoms with van der Waals surface area (Å²) in [7, 11) is 1.47. The van der Waals surface area contributed by atoms with Gasteiger partial charge in [-0.3, -0.25) is 14.9 Å². The quantitative estimate of drug-likeness (QED) is 0.596. The fourth-order valence-electron chi connectivity index (χ4n) is 2.02. The van der Waals surface area contributed by atoms with Crippen LogP contribution in [0.25, 0.3) is 0 Å². The number of carbonyl (C=O) groups excluding carboxylic acids is 1. The lowest BCUT2D eigenvalue weighted by molar-refractivity contribution is -0.387. The Morgan fingerprint density at radius 1 is 1.43 bits per heavy atom. The Morgan fingerprint density at radius 2 is 2.10 bits per heavy atom. The van der Waals surface area contributed by atoms with Gasteiger partial charge >= 0.3 is 5.69 Å². The topological polar surface area (TPSA) is 72.7 Å². The van der Waals surface area contributed by atoms with Crippen molar-refractivity contribution in [3.05, 3.63) is 39.4 Å². The molecule has 1 saturated carbocycles. The highest BCUT2D eigenvalue weighted by Gasteiger charge is 2.34. The molecule has 1 aliphatic rings. The van der Waals surface area contributed by atoms with Crippen molar-refractivity contribution in [2.24, 2.45) is 0 Å². The van der Waals surface area contributed by atoms with Gasteiger partial charge in [-0.1, -0.05) is 0 Å². The maximum absolute atomic E-state index is 13.9. The molecule has 0 radical (unpaired) electrons. The summed E-state index contributed by atoms with van der Waals surface area (Å²) < 4.78 is 32.3. The summed E-state index contributed by atoms with van der Waals surface area (Å²) in [5.74, 6) is -3.01. The number of amides is 1. The number of ether oxygens (including phenoxy) is 1. The Kier molecular flexibility index (Phi) is 4.46. The molecule has 6 nitrogen and oxygen atoms in total. The van der Waals surface area contributed by atoms with Gasteiger partial charge in [0.05, 0.1) is 23.2 Å². The van der Waals surface area contributed by atoms with E-state index >= 15 is 0 Å². The first-order chi connectivity index (χ1) is 9.95. The first kappa shape index (κ1) is 15.3. The molecule has 21 heavy (non-hydrogen) atoms. The van der Waals surface area contributed by atoms with Gasteiger partial charge in [-0.2, -0.15) is 4.39 Å². The molecule has 0 heterocycles. The molecule has 0 aliphatic heterocycles. The van der Waals surface area contributed by atoms with Crippen LogP contribution >= 0.6 is 0 Å². The van der Waals surface area contributed by atoms with Crippen LogP contribution in [0.5, 0.6) is 0 Å². The Bertz CT molecular complexity index is 576. The standard InChI is InChI=1S/C13H14F2N2O4/c1-21-5-4-16(8-2-3-8)13(18)9-6-11(15)12(17(19)20)7-10(9)14/h6-8H,2-5H2,1H3. The van der Waals surface area contributed by atoms with Gasteiger partial charge in [0.15, 0.2) is 0 Å².